The molecule has 0 aromatic heterocycles. The van der Waals surface area contributed by atoms with Crippen molar-refractivity contribution in [3.8, 4) is 77.9 Å². The second kappa shape index (κ2) is 30.3. The summed E-state index contributed by atoms with van der Waals surface area (Å²) in [6.07, 6.45) is 0. The molecule has 0 saturated carbocycles. The molecular weight excluding hydrogens is 1620 g/mol. The van der Waals surface area contributed by atoms with E-state index in [4.69, 9.17) is 0 Å². The fourth-order valence-electron chi connectivity index (χ4n) is 20.5. The monoisotopic (exact) mass is 1710 g/mol. The molecule has 0 unspecified atom stereocenters. The second-order valence-electron chi connectivity index (χ2n) is 35.4. The van der Waals surface area contributed by atoms with Crippen LogP contribution in [0.15, 0.2) is 409 Å². The van der Waals surface area contributed by atoms with Crippen LogP contribution in [0, 0.1) is 0 Å². The summed E-state index contributed by atoms with van der Waals surface area (Å²) in [5, 5.41) is 13.6. The van der Waals surface area contributed by atoms with Gasteiger partial charge in [0.1, 0.15) is 0 Å². The van der Waals surface area contributed by atoms with E-state index >= 15 is 0 Å². The van der Waals surface area contributed by atoms with Gasteiger partial charge in [0.15, 0.2) is 0 Å². The lowest BCUT2D eigenvalue weighted by Crippen LogP contribution is -2.20. The highest BCUT2D eigenvalue weighted by Crippen LogP contribution is 2.63. The van der Waals surface area contributed by atoms with Crippen molar-refractivity contribution < 1.29 is 0 Å². The third-order valence-electron chi connectivity index (χ3n) is 26.8. The van der Waals surface area contributed by atoms with E-state index in [0.717, 1.165) is 34.1 Å². The van der Waals surface area contributed by atoms with E-state index in [1.165, 1.54) is 186 Å². The number of hydrogen-bond donors (Lipinski definition) is 1. The van der Waals surface area contributed by atoms with Crippen molar-refractivity contribution in [1.29, 1.82) is 0 Å². The number of hydrogen-bond acceptors (Lipinski definition) is 3. The largest absolute Gasteiger partial charge is 0.356 e. The van der Waals surface area contributed by atoms with Gasteiger partial charge in [0, 0.05) is 75.5 Å². The number of halogens is 2. The van der Waals surface area contributed by atoms with Crippen LogP contribution < -0.4 is 15.1 Å². The molecule has 0 fully saturated rings. The second-order valence-corrected chi connectivity index (χ2v) is 37.1. The number of fused-ring (bicyclic) bond motifs is 20. The summed E-state index contributed by atoms with van der Waals surface area (Å²) in [6, 6.07) is 146. The SMILES string of the molecule is CC1(C)c2cc3c(cc2-c2c1cc(Br)c1ccccc21)-c1c(cc(Br)c2ccccc12)C3(C)C.CC1(C)c2cc3c(cc2-c2c1cc(N(c1ccccc1)c1ccc(-c4ccccc4)cc1)c1ccccc21)-c1c(cc(N(c2ccccc2)c2ccc(-c4ccccc4)cc2)c2ccccc12)C3(C)C.c1ccc(Nc2ccc(-c3ccccc3)cc2)cc1. The molecule has 0 aliphatic heterocycles. The molecule has 0 atom stereocenters. The van der Waals surface area contributed by atoms with E-state index in [2.05, 4.69) is 478 Å². The first-order valence-electron chi connectivity index (χ1n) is 42.8. The van der Waals surface area contributed by atoms with Gasteiger partial charge in [-0.05, 0) is 264 Å². The van der Waals surface area contributed by atoms with Gasteiger partial charge in [-0.25, -0.2) is 0 Å². The van der Waals surface area contributed by atoms with E-state index in [9.17, 15) is 0 Å². The normalized spacial score (nSPS) is 13.9. The standard InChI is InChI=1S/C68H52N2.C32H24Br2.C18H15N/c1-67(2)59-42-60-58(41-57(59)65-55-31-19-17-29-53(55)63(43-61(65)67)69(49-25-13-7-14-26-49)51-37-33-47(34-38-51)45-21-9-5-10-22-45)66-56-32-20-18-30-54(56)64(44-62(66)68(60,3)4)70(50-27-15-8-16-28-50)52-39-35-48(36-40-52)46-23-11-6-12-24-46;1-31(2)23-14-24-22(13-21(23)29-19-11-7-5-9-17(19)27(33)15-25(29)31)30-20-12-8-6-10-18(20)28(34)16-26(30)32(24,3)4;1-3-7-15(8-4-1)16-11-13-18(14-12-16)19-17-9-5-2-6-10-17/h5-44H,1-4H3;5-16H,1-4H3;1-14,19H. The smallest absolute Gasteiger partial charge is 0.0543 e. The Morgan fingerprint density at radius 3 is 0.740 bits per heavy atom. The highest BCUT2D eigenvalue weighted by molar-refractivity contribution is 9.11. The quantitative estimate of drug-likeness (QED) is 0.139. The van der Waals surface area contributed by atoms with Crippen LogP contribution in [-0.4, -0.2) is 0 Å². The van der Waals surface area contributed by atoms with Crippen molar-refractivity contribution in [3.63, 3.8) is 0 Å². The van der Waals surface area contributed by atoms with Gasteiger partial charge >= 0.3 is 0 Å². The first kappa shape index (κ1) is 76.9. The first-order valence-corrected chi connectivity index (χ1v) is 44.4. The van der Waals surface area contributed by atoms with Crippen LogP contribution in [0.1, 0.15) is 99.9 Å². The number of nitrogens with zero attached hydrogens (tertiary/aromatic N) is 2. The Hall–Kier alpha value is -13.4. The van der Waals surface area contributed by atoms with Gasteiger partial charge in [-0.2, -0.15) is 0 Å². The molecule has 1 N–H and O–H groups in total. The summed E-state index contributed by atoms with van der Waals surface area (Å²) < 4.78 is 2.36. The molecule has 5 heteroatoms. The maximum atomic E-state index is 3.87. The Bertz CT molecular complexity index is 6970. The topological polar surface area (TPSA) is 18.5 Å². The summed E-state index contributed by atoms with van der Waals surface area (Å²) >= 11 is 7.74. The number of nitrogens with one attached hydrogen (secondary N) is 1. The van der Waals surface area contributed by atoms with Crippen LogP contribution in [0.5, 0.6) is 0 Å². The van der Waals surface area contributed by atoms with Gasteiger partial charge in [0.05, 0.1) is 11.4 Å². The minimum absolute atomic E-state index is 0.0558. The highest BCUT2D eigenvalue weighted by atomic mass is 79.9. The number of anilines is 8. The van der Waals surface area contributed by atoms with E-state index < -0.39 is 0 Å². The number of para-hydroxylation sites is 3. The first-order chi connectivity index (χ1) is 59.9. The molecule has 123 heavy (non-hydrogen) atoms. The van der Waals surface area contributed by atoms with Crippen LogP contribution in [0.3, 0.4) is 0 Å². The molecule has 3 nitrogen and oxygen atoms in total. The minimum Gasteiger partial charge on any atom is -0.356 e. The number of rotatable bonds is 11. The van der Waals surface area contributed by atoms with Crippen molar-refractivity contribution in [3.05, 3.63) is 454 Å². The summed E-state index contributed by atoms with van der Waals surface area (Å²) in [4.78, 5) is 4.91. The highest BCUT2D eigenvalue weighted by Gasteiger charge is 2.46. The Kier molecular flexibility index (Phi) is 19.0. The van der Waals surface area contributed by atoms with E-state index in [1.54, 1.807) is 0 Å². The van der Waals surface area contributed by atoms with Crippen LogP contribution in [0.4, 0.5) is 45.5 Å². The van der Waals surface area contributed by atoms with Crippen LogP contribution in [0.25, 0.3) is 121 Å². The van der Waals surface area contributed by atoms with Gasteiger partial charge in [0.25, 0.3) is 0 Å². The molecule has 23 rings (SSSR count). The Morgan fingerprint density at radius 1 is 0.195 bits per heavy atom. The molecular formula is C118H91Br2N3. The van der Waals surface area contributed by atoms with E-state index in [0.29, 0.717) is 0 Å². The van der Waals surface area contributed by atoms with Crippen LogP contribution in [0.2, 0.25) is 0 Å². The van der Waals surface area contributed by atoms with Crippen LogP contribution in [-0.2, 0) is 21.7 Å². The molecule has 0 saturated heterocycles. The van der Waals surface area contributed by atoms with Gasteiger partial charge in [0.2, 0.25) is 0 Å². The molecule has 0 spiro atoms. The Balaban J connectivity index is 0.000000143. The Labute approximate surface area is 738 Å². The fraction of sp³-hybridized carbons (Fsp3) is 0.102. The summed E-state index contributed by atoms with van der Waals surface area (Å²) in [6.45, 7) is 19.3. The maximum absolute atomic E-state index is 3.87. The zero-order chi connectivity index (χ0) is 83.6. The van der Waals surface area contributed by atoms with Crippen LogP contribution >= 0.6 is 31.9 Å². The lowest BCUT2D eigenvalue weighted by Gasteiger charge is -2.30. The molecule has 19 aromatic rings. The molecule has 0 heterocycles. The lowest BCUT2D eigenvalue weighted by molar-refractivity contribution is 0.639. The average molecular weight is 1710 g/mol. The fourth-order valence-corrected chi connectivity index (χ4v) is 21.6. The van der Waals surface area contributed by atoms with Crippen molar-refractivity contribution >= 4 is 120 Å². The zero-order valence-electron chi connectivity index (χ0n) is 70.3. The van der Waals surface area contributed by atoms with Gasteiger partial charge in [-0.3, -0.25) is 0 Å². The van der Waals surface area contributed by atoms with Gasteiger partial charge in [-0.15, -0.1) is 0 Å². The molecule has 592 valence electrons. The third kappa shape index (κ3) is 13.0. The maximum Gasteiger partial charge on any atom is 0.0543 e. The van der Waals surface area contributed by atoms with Crippen molar-refractivity contribution in [1.82, 2.24) is 0 Å². The van der Waals surface area contributed by atoms with Gasteiger partial charge < -0.3 is 15.1 Å². The van der Waals surface area contributed by atoms with Gasteiger partial charge in [-0.1, -0.05) is 378 Å². The molecule has 0 bridgehead atoms. The molecule has 4 aliphatic rings. The number of benzene rings is 19. The van der Waals surface area contributed by atoms with E-state index in [-0.39, 0.29) is 21.7 Å². The average Bonchev–Trinajstić information content (AvgIpc) is 1.53. The van der Waals surface area contributed by atoms with Crippen molar-refractivity contribution in [2.75, 3.05) is 15.1 Å². The molecule has 19 aromatic carbocycles. The van der Waals surface area contributed by atoms with Crippen molar-refractivity contribution in [2.45, 2.75) is 77.0 Å². The summed E-state index contributed by atoms with van der Waals surface area (Å²) in [5.41, 5.74) is 37.9. The third-order valence-corrected chi connectivity index (χ3v) is 28.2. The molecule has 4 aliphatic carbocycles. The molecule has 0 amide bonds. The van der Waals surface area contributed by atoms with E-state index in [1.807, 2.05) is 24.3 Å². The predicted molar refractivity (Wildman–Crippen MR) is 530 cm³/mol. The Morgan fingerprint density at radius 2 is 0.423 bits per heavy atom. The zero-order valence-corrected chi connectivity index (χ0v) is 73.4. The molecule has 0 radical (unpaired) electrons. The predicted octanol–water partition coefficient (Wildman–Crippen LogP) is 34.1. The minimum atomic E-state index is -0.272. The summed E-state index contributed by atoms with van der Waals surface area (Å²) in [7, 11) is 0. The van der Waals surface area contributed by atoms with Crippen molar-refractivity contribution in [2.24, 2.45) is 0 Å². The lowest BCUT2D eigenvalue weighted by atomic mass is 9.77. The summed E-state index contributed by atoms with van der Waals surface area (Å²) in [5.74, 6) is 0.